The fourth-order valence-electron chi connectivity index (χ4n) is 11.8. The van der Waals surface area contributed by atoms with E-state index < -0.39 is 24.6 Å². The van der Waals surface area contributed by atoms with Crippen molar-refractivity contribution in [2.45, 2.75) is 174 Å². The van der Waals surface area contributed by atoms with Crippen LogP contribution in [-0.2, 0) is 14.2 Å². The third-order valence-electron chi connectivity index (χ3n) is 17.9. The van der Waals surface area contributed by atoms with Crippen LogP contribution in [0.5, 0.6) is 0 Å². The molecular formula is C71H110F2N10O8. The van der Waals surface area contributed by atoms with Crippen molar-refractivity contribution in [1.82, 2.24) is 24.9 Å². The third-order valence-corrected chi connectivity index (χ3v) is 17.9. The van der Waals surface area contributed by atoms with E-state index in [0.29, 0.717) is 88.4 Å². The van der Waals surface area contributed by atoms with Crippen LogP contribution in [0, 0.1) is 17.8 Å². The van der Waals surface area contributed by atoms with E-state index in [2.05, 4.69) is 145 Å². The van der Waals surface area contributed by atoms with Crippen molar-refractivity contribution < 1.29 is 48.5 Å². The zero-order valence-electron chi connectivity index (χ0n) is 56.7. The molecule has 0 saturated carbocycles. The van der Waals surface area contributed by atoms with Crippen molar-refractivity contribution in [1.29, 1.82) is 0 Å². The Balaban J connectivity index is 0.000000181. The number of aromatic nitrogens is 5. The normalized spacial score (nSPS) is 24.5. The first-order chi connectivity index (χ1) is 43.5. The predicted molar refractivity (Wildman–Crippen MR) is 362 cm³/mol. The zero-order chi connectivity index (χ0) is 66.3. The molecule has 0 aliphatic carbocycles. The highest BCUT2D eigenvalue weighted by atomic mass is 19.1. The number of anilines is 5. The van der Waals surface area contributed by atoms with E-state index in [1.165, 1.54) is 0 Å². The quantitative estimate of drug-likeness (QED) is 0.0622. The van der Waals surface area contributed by atoms with Gasteiger partial charge in [-0.15, -0.1) is 0 Å². The van der Waals surface area contributed by atoms with Gasteiger partial charge in [-0.1, -0.05) is 69.2 Å². The minimum absolute atomic E-state index is 0.184. The number of piperidine rings is 5. The molecule has 0 bridgehead atoms. The molecule has 5 N–H and O–H groups in total. The molecule has 0 radical (unpaired) electrons. The van der Waals surface area contributed by atoms with Gasteiger partial charge in [-0.25, -0.2) is 8.78 Å². The molecule has 5 saturated heterocycles. The minimum Gasteiger partial charge on any atom is -0.393 e. The lowest BCUT2D eigenvalue weighted by Gasteiger charge is -2.37. The second-order valence-corrected chi connectivity index (χ2v) is 26.7. The van der Waals surface area contributed by atoms with E-state index in [4.69, 9.17) is 14.2 Å². The number of rotatable bonds is 16. The molecule has 506 valence electrons. The fourth-order valence-corrected chi connectivity index (χ4v) is 11.8. The second kappa shape index (κ2) is 37.3. The summed E-state index contributed by atoms with van der Waals surface area (Å²) in [4.78, 5) is 33.1. The largest absolute Gasteiger partial charge is 0.393 e. The smallest absolute Gasteiger partial charge is 0.129 e. The Morgan fingerprint density at radius 1 is 0.341 bits per heavy atom. The molecular weight excluding hydrogens is 1160 g/mol. The Morgan fingerprint density at radius 2 is 0.549 bits per heavy atom. The van der Waals surface area contributed by atoms with Crippen LogP contribution in [0.2, 0.25) is 0 Å². The van der Waals surface area contributed by atoms with Gasteiger partial charge >= 0.3 is 0 Å². The SMILES string of the molecule is CC(C)c1ccc(N2CC[C@@H](F)[C@H](O)C2)cn1.CC(C)c1ccc(N2CC[C@H](F)[C@@H](O)C2)cn1.COCC1CN(c2ccc(C(C)C)nc2)CCC1O.COC[C@@H]1CN(c2ccc(C(C)C)nc2)CC[C@@H]1O.COC[C@H]1CN(c2ccc(C(C)C)nc2)CC[C@H]1O. The van der Waals surface area contributed by atoms with Crippen LogP contribution < -0.4 is 24.5 Å². The van der Waals surface area contributed by atoms with Gasteiger partial charge in [0.2, 0.25) is 0 Å². The van der Waals surface area contributed by atoms with Crippen molar-refractivity contribution in [2.75, 3.05) is 131 Å². The fraction of sp³-hybridized carbons (Fsp3) is 0.648. The van der Waals surface area contributed by atoms with Crippen molar-refractivity contribution in [3.63, 3.8) is 0 Å². The van der Waals surface area contributed by atoms with E-state index in [1.807, 2.05) is 52.7 Å². The van der Waals surface area contributed by atoms with Gasteiger partial charge in [0.1, 0.15) is 24.6 Å². The summed E-state index contributed by atoms with van der Waals surface area (Å²) >= 11 is 0. The number of aliphatic hydroxyl groups is 5. The molecule has 0 spiro atoms. The van der Waals surface area contributed by atoms with E-state index in [-0.39, 0.29) is 36.1 Å². The second-order valence-electron chi connectivity index (χ2n) is 26.7. The van der Waals surface area contributed by atoms with Gasteiger partial charge in [-0.3, -0.25) is 24.9 Å². The Labute approximate surface area is 542 Å². The molecule has 10 rings (SSSR count). The number of hydrogen-bond donors (Lipinski definition) is 5. The first kappa shape index (κ1) is 74.3. The number of ether oxygens (including phenoxy) is 3. The van der Waals surface area contributed by atoms with Gasteiger partial charge in [0.15, 0.2) is 0 Å². The lowest BCUT2D eigenvalue weighted by molar-refractivity contribution is 0.0357. The number of halogens is 2. The summed E-state index contributed by atoms with van der Waals surface area (Å²) in [7, 11) is 5.06. The molecule has 18 nitrogen and oxygen atoms in total. The molecule has 2 unspecified atom stereocenters. The first-order valence-electron chi connectivity index (χ1n) is 33.2. The van der Waals surface area contributed by atoms with Gasteiger partial charge < -0.3 is 64.2 Å². The topological polar surface area (TPSA) is 209 Å². The molecule has 0 aromatic carbocycles. The highest BCUT2D eigenvalue weighted by Crippen LogP contribution is 2.30. The van der Waals surface area contributed by atoms with Gasteiger partial charge in [-0.2, -0.15) is 0 Å². The maximum Gasteiger partial charge on any atom is 0.129 e. The maximum atomic E-state index is 13.1. The van der Waals surface area contributed by atoms with Gasteiger partial charge in [0, 0.05) is 133 Å². The molecule has 5 fully saturated rings. The summed E-state index contributed by atoms with van der Waals surface area (Å²) in [5.41, 5.74) is 10.8. The van der Waals surface area contributed by atoms with Crippen molar-refractivity contribution in [3.05, 3.63) is 120 Å². The van der Waals surface area contributed by atoms with Gasteiger partial charge in [-0.05, 0) is 122 Å². The molecule has 10 heterocycles. The van der Waals surface area contributed by atoms with Crippen LogP contribution in [0.25, 0.3) is 0 Å². The van der Waals surface area contributed by atoms with Crippen LogP contribution in [0.4, 0.5) is 37.2 Å². The molecule has 91 heavy (non-hydrogen) atoms. The average Bonchev–Trinajstić information content (AvgIpc) is 2.10. The molecule has 10 atom stereocenters. The van der Waals surface area contributed by atoms with Crippen LogP contribution in [0.3, 0.4) is 0 Å². The van der Waals surface area contributed by atoms with E-state index in [0.717, 1.165) is 115 Å². The molecule has 5 aromatic rings. The number of pyridine rings is 5. The standard InChI is InChI=1S/3C15H24N2O2.2C13H19FN2O/c3*1-11(2)14-5-4-13(8-16-14)17-7-6-15(18)12(9-17)10-19-3;2*1-9(2)12-4-3-10(7-15-12)16-6-5-11(14)13(17)8-16/h3*4-5,8,11-12,15,18H,6-7,9-10H2,1-3H3;2*3-4,7,9,11,13,17H,5-6,8H2,1-2H3/t2*12-,15-;;2*11-,13-/m10.10/s1. The van der Waals surface area contributed by atoms with Crippen molar-refractivity contribution in [3.8, 4) is 0 Å². The number of aliphatic hydroxyl groups excluding tert-OH is 5. The third kappa shape index (κ3) is 22.8. The first-order valence-corrected chi connectivity index (χ1v) is 33.2. The minimum atomic E-state index is -1.09. The Kier molecular flexibility index (Phi) is 30.4. The van der Waals surface area contributed by atoms with Crippen LogP contribution >= 0.6 is 0 Å². The summed E-state index contributed by atoms with van der Waals surface area (Å²) in [5, 5.41) is 48.9. The number of alkyl halides is 2. The van der Waals surface area contributed by atoms with E-state index >= 15 is 0 Å². The summed E-state index contributed by atoms with van der Waals surface area (Å²) in [6.45, 7) is 30.2. The Hall–Kier alpha value is -5.71. The maximum absolute atomic E-state index is 13.1. The van der Waals surface area contributed by atoms with Gasteiger partial charge in [0.05, 0.1) is 97.6 Å². The lowest BCUT2D eigenvalue weighted by atomic mass is 9.95. The van der Waals surface area contributed by atoms with E-state index in [9.17, 15) is 34.3 Å². The van der Waals surface area contributed by atoms with Crippen LogP contribution in [-0.4, -0.2) is 200 Å². The molecule has 5 aromatic heterocycles. The van der Waals surface area contributed by atoms with Crippen LogP contribution in [0.1, 0.15) is 159 Å². The zero-order valence-corrected chi connectivity index (χ0v) is 56.7. The summed E-state index contributed by atoms with van der Waals surface area (Å²) in [5.74, 6) is 2.74. The Morgan fingerprint density at radius 3 is 0.725 bits per heavy atom. The molecule has 5 aliphatic rings. The highest BCUT2D eigenvalue weighted by molar-refractivity contribution is 5.49. The number of nitrogens with zero attached hydrogens (tertiary/aromatic N) is 10. The lowest BCUT2D eigenvalue weighted by Crippen LogP contribution is -2.45. The molecule has 0 amide bonds. The van der Waals surface area contributed by atoms with Crippen molar-refractivity contribution >= 4 is 28.4 Å². The van der Waals surface area contributed by atoms with Crippen LogP contribution in [0.15, 0.2) is 91.6 Å². The average molecular weight is 1270 g/mol. The monoisotopic (exact) mass is 1270 g/mol. The predicted octanol–water partition coefficient (Wildman–Crippen LogP) is 10.3. The molecule has 5 aliphatic heterocycles. The molecule has 20 heteroatoms. The number of β-amino-alcohol motifs (C(OH)–C–C–N with tert-alkyl or cyclic N) is 2. The highest BCUT2D eigenvalue weighted by Gasteiger charge is 2.32. The van der Waals surface area contributed by atoms with Gasteiger partial charge in [0.25, 0.3) is 0 Å². The number of methoxy groups -OCH3 is 3. The van der Waals surface area contributed by atoms with E-state index in [1.54, 1.807) is 33.7 Å². The number of hydrogen-bond acceptors (Lipinski definition) is 18. The van der Waals surface area contributed by atoms with Crippen molar-refractivity contribution in [2.24, 2.45) is 17.8 Å². The summed E-state index contributed by atoms with van der Waals surface area (Å²) in [6.07, 6.45) is 7.88. The summed E-state index contributed by atoms with van der Waals surface area (Å²) < 4.78 is 41.8. The summed E-state index contributed by atoms with van der Waals surface area (Å²) in [6, 6.07) is 20.6. The Bertz CT molecular complexity index is 2530.